The summed E-state index contributed by atoms with van der Waals surface area (Å²) in [6.45, 7) is 0.611. The van der Waals surface area contributed by atoms with Gasteiger partial charge < -0.3 is 19.5 Å². The van der Waals surface area contributed by atoms with Gasteiger partial charge in [-0.3, -0.25) is 4.79 Å². The smallest absolute Gasteiger partial charge is 0.257 e. The van der Waals surface area contributed by atoms with Crippen LogP contribution in [0.25, 0.3) is 0 Å². The van der Waals surface area contributed by atoms with Crippen LogP contribution in [0.2, 0.25) is 5.02 Å². The molecule has 8 nitrogen and oxygen atoms in total. The molecule has 2 aromatic rings. The summed E-state index contributed by atoms with van der Waals surface area (Å²) >= 11 is 6.11. The van der Waals surface area contributed by atoms with Gasteiger partial charge in [0, 0.05) is 20.2 Å². The Balaban J connectivity index is 1.81. The van der Waals surface area contributed by atoms with Gasteiger partial charge in [-0.05, 0) is 42.3 Å². The number of methoxy groups -OCH3 is 2. The number of ether oxygens (including phenoxy) is 3. The van der Waals surface area contributed by atoms with E-state index >= 15 is 0 Å². The fourth-order valence-electron chi connectivity index (χ4n) is 2.46. The molecule has 0 atom stereocenters. The molecule has 30 heavy (non-hydrogen) atoms. The van der Waals surface area contributed by atoms with Crippen LogP contribution in [-0.2, 0) is 26.0 Å². The average molecular weight is 457 g/mol. The minimum atomic E-state index is -3.70. The van der Waals surface area contributed by atoms with E-state index in [-0.39, 0.29) is 41.3 Å². The number of halogens is 1. The van der Waals surface area contributed by atoms with Crippen molar-refractivity contribution in [3.63, 3.8) is 0 Å². The Morgan fingerprint density at radius 3 is 2.43 bits per heavy atom. The molecule has 0 aliphatic heterocycles. The minimum Gasteiger partial charge on any atom is -0.497 e. The highest BCUT2D eigenvalue weighted by Crippen LogP contribution is 2.27. The van der Waals surface area contributed by atoms with Gasteiger partial charge in [0.2, 0.25) is 10.0 Å². The van der Waals surface area contributed by atoms with Gasteiger partial charge in [-0.25, -0.2) is 13.1 Å². The zero-order valence-electron chi connectivity index (χ0n) is 16.8. The van der Waals surface area contributed by atoms with Crippen LogP contribution in [0, 0.1) is 0 Å². The van der Waals surface area contributed by atoms with Crippen LogP contribution in [0.3, 0.4) is 0 Å². The lowest BCUT2D eigenvalue weighted by atomic mass is 10.1. The molecule has 0 heterocycles. The molecular formula is C20H25ClN2O6S. The first-order valence-corrected chi connectivity index (χ1v) is 11.0. The van der Waals surface area contributed by atoms with Crippen LogP contribution in [0.1, 0.15) is 5.56 Å². The summed E-state index contributed by atoms with van der Waals surface area (Å²) in [5.41, 5.74) is 1.07. The summed E-state index contributed by atoms with van der Waals surface area (Å²) in [6.07, 6.45) is 0.666. The van der Waals surface area contributed by atoms with Crippen molar-refractivity contribution in [2.45, 2.75) is 11.3 Å². The predicted octanol–water partition coefficient (Wildman–Crippen LogP) is 2.01. The van der Waals surface area contributed by atoms with Crippen molar-refractivity contribution in [3.8, 4) is 11.5 Å². The normalized spacial score (nSPS) is 11.2. The fourth-order valence-corrected chi connectivity index (χ4v) is 3.80. The number of nitrogens with one attached hydrogen (secondary N) is 2. The number of carbonyl (C=O) groups excluding carboxylic acids is 1. The molecular weight excluding hydrogens is 432 g/mol. The monoisotopic (exact) mass is 456 g/mol. The molecule has 0 unspecified atom stereocenters. The molecule has 2 N–H and O–H groups in total. The van der Waals surface area contributed by atoms with Crippen LogP contribution in [0.15, 0.2) is 47.4 Å². The maximum absolute atomic E-state index is 12.2. The zero-order chi connectivity index (χ0) is 22.0. The summed E-state index contributed by atoms with van der Waals surface area (Å²) in [5.74, 6) is 0.688. The molecule has 0 fully saturated rings. The molecule has 10 heteroatoms. The zero-order valence-corrected chi connectivity index (χ0v) is 18.4. The lowest BCUT2D eigenvalue weighted by Crippen LogP contribution is -2.30. The van der Waals surface area contributed by atoms with Crippen LogP contribution >= 0.6 is 11.6 Å². The lowest BCUT2D eigenvalue weighted by Gasteiger charge is -2.11. The molecule has 2 aromatic carbocycles. The molecule has 0 radical (unpaired) electrons. The summed E-state index contributed by atoms with van der Waals surface area (Å²) in [5, 5.41) is 2.85. The van der Waals surface area contributed by atoms with Crippen molar-refractivity contribution in [2.75, 3.05) is 40.5 Å². The van der Waals surface area contributed by atoms with Crippen molar-refractivity contribution < 1.29 is 27.4 Å². The highest BCUT2D eigenvalue weighted by molar-refractivity contribution is 7.89. The van der Waals surface area contributed by atoms with Gasteiger partial charge in [0.05, 0.1) is 23.6 Å². The molecule has 0 spiro atoms. The topological polar surface area (TPSA) is 103 Å². The molecule has 0 saturated carbocycles. The van der Waals surface area contributed by atoms with Gasteiger partial charge in [0.1, 0.15) is 11.5 Å². The van der Waals surface area contributed by atoms with Gasteiger partial charge in [-0.1, -0.05) is 23.7 Å². The van der Waals surface area contributed by atoms with Crippen LogP contribution < -0.4 is 19.5 Å². The Kier molecular flexibility index (Phi) is 9.38. The van der Waals surface area contributed by atoms with E-state index in [4.69, 9.17) is 25.8 Å². The summed E-state index contributed by atoms with van der Waals surface area (Å²) in [6, 6.07) is 11.6. The van der Waals surface area contributed by atoms with Crippen LogP contribution in [0.4, 0.5) is 0 Å². The molecule has 0 aromatic heterocycles. The summed E-state index contributed by atoms with van der Waals surface area (Å²) in [7, 11) is -0.619. The van der Waals surface area contributed by atoms with Crippen molar-refractivity contribution in [1.29, 1.82) is 0 Å². The van der Waals surface area contributed by atoms with E-state index in [0.717, 1.165) is 11.3 Å². The van der Waals surface area contributed by atoms with Gasteiger partial charge in [0.25, 0.3) is 5.91 Å². The van der Waals surface area contributed by atoms with Crippen molar-refractivity contribution in [2.24, 2.45) is 0 Å². The van der Waals surface area contributed by atoms with Crippen molar-refractivity contribution >= 4 is 27.5 Å². The molecule has 2 rings (SSSR count). The number of rotatable bonds is 12. The largest absolute Gasteiger partial charge is 0.497 e. The number of carbonyl (C=O) groups is 1. The Bertz CT molecular complexity index is 935. The molecule has 0 bridgehead atoms. The van der Waals surface area contributed by atoms with E-state index in [2.05, 4.69) is 10.0 Å². The average Bonchev–Trinajstić information content (AvgIpc) is 2.73. The first-order valence-electron chi connectivity index (χ1n) is 9.16. The second-order valence-corrected chi connectivity index (χ2v) is 8.39. The third kappa shape index (κ3) is 7.49. The van der Waals surface area contributed by atoms with E-state index in [0.29, 0.717) is 13.0 Å². The highest BCUT2D eigenvalue weighted by atomic mass is 35.5. The fraction of sp³-hybridized carbons (Fsp3) is 0.350. The molecule has 0 saturated heterocycles. The van der Waals surface area contributed by atoms with E-state index in [1.165, 1.54) is 25.3 Å². The third-order valence-corrected chi connectivity index (χ3v) is 5.82. The number of amides is 1. The van der Waals surface area contributed by atoms with Gasteiger partial charge in [0.15, 0.2) is 6.61 Å². The Morgan fingerprint density at radius 2 is 1.80 bits per heavy atom. The second-order valence-electron chi connectivity index (χ2n) is 6.22. The van der Waals surface area contributed by atoms with Gasteiger partial charge in [-0.2, -0.15) is 0 Å². The van der Waals surface area contributed by atoms with E-state index in [1.54, 1.807) is 7.11 Å². The number of benzene rings is 2. The summed E-state index contributed by atoms with van der Waals surface area (Å²) < 4.78 is 42.1. The molecule has 164 valence electrons. The number of hydrogen-bond donors (Lipinski definition) is 2. The highest BCUT2D eigenvalue weighted by Gasteiger charge is 2.16. The Morgan fingerprint density at radius 1 is 1.07 bits per heavy atom. The Labute approximate surface area is 181 Å². The second kappa shape index (κ2) is 11.8. The first kappa shape index (κ1) is 23.9. The molecule has 0 aliphatic rings. The third-order valence-electron chi connectivity index (χ3n) is 4.07. The van der Waals surface area contributed by atoms with Crippen LogP contribution in [-0.4, -0.2) is 54.8 Å². The number of hydrogen-bond acceptors (Lipinski definition) is 6. The number of sulfonamides is 1. The minimum absolute atomic E-state index is 0.0000961. The standard InChI is InChI=1S/C20H25ClN2O6S/c1-27-12-11-23-30(25,26)17-7-8-19(18(21)13-17)29-14-20(24)22-10-9-15-3-5-16(28-2)6-4-15/h3-8,13,23H,9-12,14H2,1-2H3,(H,22,24). The van der Waals surface area contributed by atoms with Crippen LogP contribution in [0.5, 0.6) is 11.5 Å². The quantitative estimate of drug-likeness (QED) is 0.473. The maximum Gasteiger partial charge on any atom is 0.257 e. The predicted molar refractivity (Wildman–Crippen MR) is 114 cm³/mol. The van der Waals surface area contributed by atoms with Crippen molar-refractivity contribution in [1.82, 2.24) is 10.0 Å². The molecule has 0 aliphatic carbocycles. The van der Waals surface area contributed by atoms with E-state index in [9.17, 15) is 13.2 Å². The summed E-state index contributed by atoms with van der Waals surface area (Å²) in [4.78, 5) is 12.0. The van der Waals surface area contributed by atoms with E-state index in [1.807, 2.05) is 24.3 Å². The van der Waals surface area contributed by atoms with Crippen molar-refractivity contribution in [3.05, 3.63) is 53.1 Å². The lowest BCUT2D eigenvalue weighted by molar-refractivity contribution is -0.123. The van der Waals surface area contributed by atoms with Gasteiger partial charge >= 0.3 is 0 Å². The van der Waals surface area contributed by atoms with E-state index < -0.39 is 10.0 Å². The Hall–Kier alpha value is -2.33. The maximum atomic E-state index is 12.2. The van der Waals surface area contributed by atoms with Gasteiger partial charge in [-0.15, -0.1) is 0 Å². The SMILES string of the molecule is COCCNS(=O)(=O)c1ccc(OCC(=O)NCCc2ccc(OC)cc2)c(Cl)c1. The first-order chi connectivity index (χ1) is 14.4. The molecule has 1 amide bonds.